The number of nitrogens with zero attached hydrogens (tertiary/aromatic N) is 1. The number of hydrogen-bond acceptors (Lipinski definition) is 2. The molecule has 11 heavy (non-hydrogen) atoms. The van der Waals surface area contributed by atoms with Crippen molar-refractivity contribution in [2.45, 2.75) is 38.8 Å². The van der Waals surface area contributed by atoms with Crippen molar-refractivity contribution in [1.29, 1.82) is 0 Å². The Bertz CT molecular complexity index is 202. The summed E-state index contributed by atoms with van der Waals surface area (Å²) < 4.78 is 0. The fourth-order valence-electron chi connectivity index (χ4n) is 1.57. The van der Waals surface area contributed by atoms with E-state index in [0.29, 0.717) is 0 Å². The second-order valence-electron chi connectivity index (χ2n) is 4.37. The van der Waals surface area contributed by atoms with Gasteiger partial charge in [0.15, 0.2) is 0 Å². The Morgan fingerprint density at radius 1 is 1.27 bits per heavy atom. The van der Waals surface area contributed by atoms with Crippen LogP contribution in [-0.2, 0) is 0 Å². The molecule has 2 nitrogen and oxygen atoms in total. The molecule has 0 atom stereocenters. The average molecular weight is 154 g/mol. The van der Waals surface area contributed by atoms with Crippen molar-refractivity contribution < 1.29 is 0 Å². The normalized spacial score (nSPS) is 28.6. The molecular formula is C9H18N2. The van der Waals surface area contributed by atoms with Crippen LogP contribution in [0, 0.1) is 0 Å². The Morgan fingerprint density at radius 2 is 1.73 bits per heavy atom. The van der Waals surface area contributed by atoms with E-state index in [-0.39, 0.29) is 11.1 Å². The van der Waals surface area contributed by atoms with Gasteiger partial charge < -0.3 is 5.73 Å². The minimum absolute atomic E-state index is 0.0174. The summed E-state index contributed by atoms with van der Waals surface area (Å²) in [6.07, 6.45) is 2.13. The van der Waals surface area contributed by atoms with Crippen molar-refractivity contribution in [3.05, 3.63) is 11.8 Å². The van der Waals surface area contributed by atoms with Crippen LogP contribution in [0.2, 0.25) is 0 Å². The molecule has 1 aliphatic rings. The van der Waals surface area contributed by atoms with E-state index in [9.17, 15) is 0 Å². The minimum atomic E-state index is 0.0174. The van der Waals surface area contributed by atoms with E-state index in [4.69, 9.17) is 5.73 Å². The maximum absolute atomic E-state index is 5.90. The third-order valence-electron chi connectivity index (χ3n) is 2.92. The lowest BCUT2D eigenvalue weighted by Gasteiger charge is -2.37. The second kappa shape index (κ2) is 2.01. The summed E-state index contributed by atoms with van der Waals surface area (Å²) in [6, 6.07) is 0. The molecule has 0 saturated carbocycles. The Labute approximate surface area is 69.1 Å². The van der Waals surface area contributed by atoms with E-state index in [1.807, 2.05) is 0 Å². The molecule has 0 fully saturated rings. The lowest BCUT2D eigenvalue weighted by Crippen LogP contribution is -2.48. The topological polar surface area (TPSA) is 29.3 Å². The number of nitrogens with two attached hydrogens (primary N) is 1. The summed E-state index contributed by atoms with van der Waals surface area (Å²) in [6.45, 7) is 8.64. The molecular weight excluding hydrogens is 136 g/mol. The van der Waals surface area contributed by atoms with Gasteiger partial charge in [0.2, 0.25) is 0 Å². The third-order valence-corrected chi connectivity index (χ3v) is 2.92. The highest BCUT2D eigenvalue weighted by molar-refractivity contribution is 5.27. The van der Waals surface area contributed by atoms with Crippen LogP contribution in [0.3, 0.4) is 0 Å². The zero-order chi connectivity index (χ0) is 8.86. The highest BCUT2D eigenvalue weighted by atomic mass is 15.3. The number of rotatable bonds is 0. The zero-order valence-electron chi connectivity index (χ0n) is 8.10. The fraction of sp³-hybridized carbons (Fsp3) is 0.778. The second-order valence-corrected chi connectivity index (χ2v) is 4.37. The molecule has 0 aromatic heterocycles. The first-order valence-electron chi connectivity index (χ1n) is 4.01. The molecule has 0 aromatic carbocycles. The molecule has 1 heterocycles. The summed E-state index contributed by atoms with van der Waals surface area (Å²) >= 11 is 0. The minimum Gasteiger partial charge on any atom is -0.401 e. The average Bonchev–Trinajstić information content (AvgIpc) is 1.94. The molecule has 0 radical (unpaired) electrons. The Hall–Kier alpha value is -0.500. The van der Waals surface area contributed by atoms with Gasteiger partial charge in [0.25, 0.3) is 0 Å². The molecule has 1 aliphatic heterocycles. The van der Waals surface area contributed by atoms with Gasteiger partial charge in [0.05, 0.1) is 5.54 Å². The van der Waals surface area contributed by atoms with Crippen molar-refractivity contribution in [1.82, 2.24) is 4.90 Å². The molecule has 0 unspecified atom stereocenters. The molecule has 1 rings (SSSR count). The summed E-state index contributed by atoms with van der Waals surface area (Å²) in [4.78, 5) is 2.29. The molecule has 0 aliphatic carbocycles. The fourth-order valence-corrected chi connectivity index (χ4v) is 1.57. The largest absolute Gasteiger partial charge is 0.401 e. The Morgan fingerprint density at radius 3 is 1.82 bits per heavy atom. The van der Waals surface area contributed by atoms with Crippen LogP contribution >= 0.6 is 0 Å². The van der Waals surface area contributed by atoms with E-state index in [0.717, 1.165) is 5.70 Å². The highest BCUT2D eigenvalue weighted by Crippen LogP contribution is 2.35. The van der Waals surface area contributed by atoms with Crippen molar-refractivity contribution in [3.8, 4) is 0 Å². The van der Waals surface area contributed by atoms with Gasteiger partial charge in [0.1, 0.15) is 0 Å². The van der Waals surface area contributed by atoms with Crippen molar-refractivity contribution in [2.75, 3.05) is 7.05 Å². The van der Waals surface area contributed by atoms with Crippen LogP contribution in [0.1, 0.15) is 27.7 Å². The van der Waals surface area contributed by atoms with Gasteiger partial charge in [-0.25, -0.2) is 0 Å². The maximum atomic E-state index is 5.90. The predicted molar refractivity (Wildman–Crippen MR) is 48.2 cm³/mol. The molecule has 0 bridgehead atoms. The molecule has 0 aromatic rings. The van der Waals surface area contributed by atoms with Gasteiger partial charge in [-0.15, -0.1) is 0 Å². The zero-order valence-corrected chi connectivity index (χ0v) is 8.10. The maximum Gasteiger partial charge on any atom is 0.0551 e. The van der Waals surface area contributed by atoms with Gasteiger partial charge in [0, 0.05) is 11.2 Å². The number of likely N-dealkylation sites (N-methyl/N-ethyl adjacent to an activating group) is 1. The van der Waals surface area contributed by atoms with Crippen LogP contribution in [0.15, 0.2) is 11.8 Å². The lowest BCUT2D eigenvalue weighted by atomic mass is 10.0. The molecule has 64 valence electrons. The summed E-state index contributed by atoms with van der Waals surface area (Å²) in [7, 11) is 2.11. The van der Waals surface area contributed by atoms with Crippen LogP contribution in [0.5, 0.6) is 0 Å². The van der Waals surface area contributed by atoms with Crippen LogP contribution < -0.4 is 5.73 Å². The van der Waals surface area contributed by atoms with Crippen LogP contribution in [0.25, 0.3) is 0 Å². The SMILES string of the molecule is CN1C(C)(C)C=C(N)C1(C)C. The summed E-state index contributed by atoms with van der Waals surface area (Å²) in [5.41, 5.74) is 7.00. The first-order valence-corrected chi connectivity index (χ1v) is 4.01. The summed E-state index contributed by atoms with van der Waals surface area (Å²) in [5, 5.41) is 0. The molecule has 0 amide bonds. The highest BCUT2D eigenvalue weighted by Gasteiger charge is 2.41. The van der Waals surface area contributed by atoms with Gasteiger partial charge >= 0.3 is 0 Å². The Kier molecular flexibility index (Phi) is 1.57. The van der Waals surface area contributed by atoms with E-state index in [1.165, 1.54) is 0 Å². The van der Waals surface area contributed by atoms with Crippen molar-refractivity contribution >= 4 is 0 Å². The molecule has 0 spiro atoms. The van der Waals surface area contributed by atoms with Crippen LogP contribution in [-0.4, -0.2) is 23.0 Å². The van der Waals surface area contributed by atoms with Gasteiger partial charge in [-0.05, 0) is 40.8 Å². The quantitative estimate of drug-likeness (QED) is 0.570. The van der Waals surface area contributed by atoms with Crippen molar-refractivity contribution in [2.24, 2.45) is 5.73 Å². The van der Waals surface area contributed by atoms with Crippen molar-refractivity contribution in [3.63, 3.8) is 0 Å². The smallest absolute Gasteiger partial charge is 0.0551 e. The van der Waals surface area contributed by atoms with E-state index >= 15 is 0 Å². The molecule has 0 saturated heterocycles. The first-order chi connectivity index (χ1) is 4.78. The molecule has 2 N–H and O–H groups in total. The standard InChI is InChI=1S/C9H18N2/c1-8(2)6-7(10)9(3,4)11(8)5/h6H,10H2,1-5H3. The van der Waals surface area contributed by atoms with E-state index in [1.54, 1.807) is 0 Å². The summed E-state index contributed by atoms with van der Waals surface area (Å²) in [5.74, 6) is 0. The third kappa shape index (κ3) is 1.06. The molecule has 2 heteroatoms. The van der Waals surface area contributed by atoms with E-state index < -0.39 is 0 Å². The Balaban J connectivity index is 3.04. The van der Waals surface area contributed by atoms with Crippen LogP contribution in [0.4, 0.5) is 0 Å². The monoisotopic (exact) mass is 154 g/mol. The lowest BCUT2D eigenvalue weighted by molar-refractivity contribution is 0.128. The van der Waals surface area contributed by atoms with Gasteiger partial charge in [-0.2, -0.15) is 0 Å². The number of hydrogen-bond donors (Lipinski definition) is 1. The predicted octanol–water partition coefficient (Wildman–Crippen LogP) is 1.33. The van der Waals surface area contributed by atoms with Gasteiger partial charge in [-0.3, -0.25) is 4.90 Å². The van der Waals surface area contributed by atoms with Gasteiger partial charge in [-0.1, -0.05) is 0 Å². The van der Waals surface area contributed by atoms with E-state index in [2.05, 4.69) is 45.7 Å². The first kappa shape index (κ1) is 8.60.